The second-order valence-corrected chi connectivity index (χ2v) is 13.3. The standard InChI is InChI=1S/C37H43N3O7/c1-23(2)27(22-41)40-33-35(44)39(21-25-13-7-4-8-14-25)20-12-6-11-17-29(42)38-24(3)32(26-15-9-5-10-16-26)46-36(45)30-28-18-19-37(33,47-28)31(30)34(40)43/h4-10,12-16,18-19,23-24,27-28,30-33,41H,11,17,20-22H2,1-3H3,(H,38,42)/b12-6-/t24-,27+,28+,30-,31-,32+,33+,37-/m1/s1. The van der Waals surface area contributed by atoms with Crippen LogP contribution in [0.25, 0.3) is 0 Å². The Morgan fingerprint density at radius 2 is 1.68 bits per heavy atom. The Hall–Kier alpha value is -4.28. The SMILES string of the molecule is CC(C)[C@H](CO)N1C(=O)[C@H]2[C@@H]3C(=O)O[C@H](c4ccccc4)[C@@H](C)NC(=O)CC/C=C\CN(Cc4ccccc4)C(=O)[C@H]1[C@@]21C=C[C@@H]3O1. The summed E-state index contributed by atoms with van der Waals surface area (Å²) in [7, 11) is 0. The van der Waals surface area contributed by atoms with Gasteiger partial charge >= 0.3 is 5.97 Å². The number of likely N-dealkylation sites (tertiary alicyclic amines) is 1. The molecule has 0 saturated carbocycles. The number of esters is 1. The van der Waals surface area contributed by atoms with E-state index in [1.165, 1.54) is 4.90 Å². The quantitative estimate of drug-likeness (QED) is 0.366. The first-order chi connectivity index (χ1) is 22.7. The Balaban J connectivity index is 1.45. The molecule has 4 aliphatic rings. The zero-order valence-corrected chi connectivity index (χ0v) is 27.0. The maximum atomic E-state index is 14.9. The van der Waals surface area contributed by atoms with Crippen molar-refractivity contribution in [2.24, 2.45) is 17.8 Å². The van der Waals surface area contributed by atoms with Crippen molar-refractivity contribution >= 4 is 23.7 Å². The summed E-state index contributed by atoms with van der Waals surface area (Å²) >= 11 is 0. The summed E-state index contributed by atoms with van der Waals surface area (Å²) in [5, 5.41) is 13.6. The molecule has 248 valence electrons. The number of allylic oxidation sites excluding steroid dienone is 1. The van der Waals surface area contributed by atoms with Crippen LogP contribution >= 0.6 is 0 Å². The Bertz CT molecular complexity index is 1540. The molecule has 6 rings (SSSR count). The van der Waals surface area contributed by atoms with E-state index in [-0.39, 0.29) is 43.8 Å². The fourth-order valence-electron chi connectivity index (χ4n) is 7.58. The Labute approximate surface area is 275 Å². The van der Waals surface area contributed by atoms with E-state index in [0.29, 0.717) is 12.0 Å². The Morgan fingerprint density at radius 3 is 2.36 bits per heavy atom. The summed E-state index contributed by atoms with van der Waals surface area (Å²) in [4.78, 5) is 59.8. The average Bonchev–Trinajstić information content (AvgIpc) is 3.71. The van der Waals surface area contributed by atoms with Crippen LogP contribution in [0.1, 0.15) is 50.8 Å². The molecule has 4 aliphatic heterocycles. The van der Waals surface area contributed by atoms with Gasteiger partial charge in [0.1, 0.15) is 23.7 Å². The lowest BCUT2D eigenvalue weighted by atomic mass is 9.74. The number of rotatable bonds is 6. The molecule has 4 heterocycles. The molecular formula is C37H43N3O7. The predicted octanol–water partition coefficient (Wildman–Crippen LogP) is 3.32. The first-order valence-electron chi connectivity index (χ1n) is 16.5. The molecule has 8 atom stereocenters. The second kappa shape index (κ2) is 13.4. The van der Waals surface area contributed by atoms with Crippen molar-refractivity contribution in [3.05, 3.63) is 96.1 Å². The summed E-state index contributed by atoms with van der Waals surface area (Å²) in [5.74, 6) is -3.83. The van der Waals surface area contributed by atoms with Crippen LogP contribution in [0.4, 0.5) is 0 Å². The summed E-state index contributed by atoms with van der Waals surface area (Å²) < 4.78 is 12.8. The second-order valence-electron chi connectivity index (χ2n) is 13.3. The Kier molecular flexibility index (Phi) is 9.34. The van der Waals surface area contributed by atoms with Crippen molar-refractivity contribution in [3.63, 3.8) is 0 Å². The molecule has 5 bridgehead atoms. The third-order valence-electron chi connectivity index (χ3n) is 9.90. The van der Waals surface area contributed by atoms with Gasteiger partial charge in [0.25, 0.3) is 0 Å². The van der Waals surface area contributed by atoms with Crippen molar-refractivity contribution in [1.29, 1.82) is 0 Å². The fourth-order valence-corrected chi connectivity index (χ4v) is 7.58. The summed E-state index contributed by atoms with van der Waals surface area (Å²) in [6, 6.07) is 16.4. The van der Waals surface area contributed by atoms with Crippen molar-refractivity contribution in [2.45, 2.75) is 76.1 Å². The number of hydrogen-bond acceptors (Lipinski definition) is 7. The molecule has 1 spiro atoms. The van der Waals surface area contributed by atoms with Gasteiger partial charge in [-0.3, -0.25) is 19.2 Å². The van der Waals surface area contributed by atoms with E-state index in [9.17, 15) is 24.3 Å². The van der Waals surface area contributed by atoms with E-state index in [4.69, 9.17) is 9.47 Å². The predicted molar refractivity (Wildman–Crippen MR) is 173 cm³/mol. The number of aliphatic hydroxyl groups is 1. The van der Waals surface area contributed by atoms with Crippen LogP contribution in [0.5, 0.6) is 0 Å². The summed E-state index contributed by atoms with van der Waals surface area (Å²) in [6.07, 6.45) is 6.31. The number of fused-ring (bicyclic) bond motifs is 2. The van der Waals surface area contributed by atoms with Gasteiger partial charge in [-0.15, -0.1) is 0 Å². The number of nitrogens with zero attached hydrogens (tertiary/aromatic N) is 2. The topological polar surface area (TPSA) is 125 Å². The molecule has 2 saturated heterocycles. The van der Waals surface area contributed by atoms with Crippen molar-refractivity contribution in [1.82, 2.24) is 15.1 Å². The molecule has 0 unspecified atom stereocenters. The average molecular weight is 642 g/mol. The van der Waals surface area contributed by atoms with Crippen LogP contribution in [0.2, 0.25) is 0 Å². The number of amides is 3. The van der Waals surface area contributed by atoms with Crippen LogP contribution < -0.4 is 5.32 Å². The summed E-state index contributed by atoms with van der Waals surface area (Å²) in [6.45, 7) is 5.72. The Morgan fingerprint density at radius 1 is 0.979 bits per heavy atom. The van der Waals surface area contributed by atoms with Gasteiger partial charge in [-0.2, -0.15) is 0 Å². The van der Waals surface area contributed by atoms with Crippen molar-refractivity contribution < 1.29 is 33.8 Å². The van der Waals surface area contributed by atoms with Crippen LogP contribution in [-0.2, 0) is 35.2 Å². The molecule has 2 aromatic rings. The highest BCUT2D eigenvalue weighted by molar-refractivity contribution is 5.99. The molecule has 10 heteroatoms. The van der Waals surface area contributed by atoms with E-state index >= 15 is 0 Å². The molecule has 2 N–H and O–H groups in total. The molecule has 0 aliphatic carbocycles. The molecule has 2 fully saturated rings. The van der Waals surface area contributed by atoms with Gasteiger partial charge in [0.05, 0.1) is 30.7 Å². The number of aliphatic hydroxyl groups excluding tert-OH is 1. The molecule has 0 radical (unpaired) electrons. The maximum absolute atomic E-state index is 14.9. The number of ether oxygens (including phenoxy) is 2. The van der Waals surface area contributed by atoms with E-state index in [1.54, 1.807) is 24.0 Å². The zero-order valence-electron chi connectivity index (χ0n) is 27.0. The number of carbonyl (C=O) groups excluding carboxylic acids is 4. The van der Waals surface area contributed by atoms with Crippen LogP contribution in [0.3, 0.4) is 0 Å². The van der Waals surface area contributed by atoms with Crippen LogP contribution in [0, 0.1) is 17.8 Å². The minimum absolute atomic E-state index is 0.187. The zero-order chi connectivity index (χ0) is 33.3. The highest BCUT2D eigenvalue weighted by atomic mass is 16.6. The van der Waals surface area contributed by atoms with Gasteiger partial charge in [-0.05, 0) is 30.4 Å². The lowest BCUT2D eigenvalue weighted by molar-refractivity contribution is -0.162. The maximum Gasteiger partial charge on any atom is 0.313 e. The van der Waals surface area contributed by atoms with Crippen LogP contribution in [-0.4, -0.2) is 81.6 Å². The third kappa shape index (κ3) is 6.00. The molecule has 2 aromatic carbocycles. The van der Waals surface area contributed by atoms with Gasteiger partial charge in [-0.1, -0.05) is 98.8 Å². The first-order valence-corrected chi connectivity index (χ1v) is 16.5. The van der Waals surface area contributed by atoms with Gasteiger partial charge < -0.3 is 29.7 Å². The third-order valence-corrected chi connectivity index (χ3v) is 9.90. The normalized spacial score (nSPS) is 32.4. The number of benzene rings is 2. The lowest BCUT2D eigenvalue weighted by Gasteiger charge is -2.40. The summed E-state index contributed by atoms with van der Waals surface area (Å²) in [5.41, 5.74) is 0.186. The van der Waals surface area contributed by atoms with E-state index in [0.717, 1.165) is 5.56 Å². The minimum Gasteiger partial charge on any atom is -0.455 e. The van der Waals surface area contributed by atoms with E-state index in [2.05, 4.69) is 5.32 Å². The largest absolute Gasteiger partial charge is 0.455 e. The van der Waals surface area contributed by atoms with Gasteiger partial charge in [0.2, 0.25) is 17.7 Å². The van der Waals surface area contributed by atoms with Gasteiger partial charge in [0.15, 0.2) is 0 Å². The first kappa shape index (κ1) is 32.7. The van der Waals surface area contributed by atoms with Crippen LogP contribution in [0.15, 0.2) is 85.0 Å². The minimum atomic E-state index is -1.42. The number of nitrogens with one attached hydrogen (secondary N) is 1. The van der Waals surface area contributed by atoms with Crippen molar-refractivity contribution in [3.8, 4) is 0 Å². The number of hydrogen-bond donors (Lipinski definition) is 2. The van der Waals surface area contributed by atoms with E-state index in [1.807, 2.05) is 86.7 Å². The number of cyclic esters (lactones) is 1. The highest BCUT2D eigenvalue weighted by Gasteiger charge is 2.74. The fraction of sp³-hybridized carbons (Fsp3) is 0.459. The smallest absolute Gasteiger partial charge is 0.313 e. The molecule has 10 nitrogen and oxygen atoms in total. The molecule has 0 aromatic heterocycles. The highest BCUT2D eigenvalue weighted by Crippen LogP contribution is 2.56. The van der Waals surface area contributed by atoms with Gasteiger partial charge in [0, 0.05) is 19.5 Å². The molecule has 47 heavy (non-hydrogen) atoms. The molecule has 3 amide bonds. The van der Waals surface area contributed by atoms with Crippen molar-refractivity contribution in [2.75, 3.05) is 13.2 Å². The number of carbonyl (C=O) groups is 4. The lowest BCUT2D eigenvalue weighted by Crippen LogP contribution is -2.59. The molecular weight excluding hydrogens is 598 g/mol. The van der Waals surface area contributed by atoms with Gasteiger partial charge in [-0.25, -0.2) is 0 Å². The van der Waals surface area contributed by atoms with E-state index < -0.39 is 59.6 Å². The monoisotopic (exact) mass is 641 g/mol.